The number of ether oxygens (including phenoxy) is 1. The molecule has 0 aliphatic heterocycles. The number of carbonyl (C=O) groups excluding carboxylic acids is 1. The average Bonchev–Trinajstić information content (AvgIpc) is 2.35. The van der Waals surface area contributed by atoms with E-state index < -0.39 is 24.0 Å². The third-order valence-electron chi connectivity index (χ3n) is 2.55. The lowest BCUT2D eigenvalue weighted by Gasteiger charge is -2.21. The molecule has 0 spiro atoms. The number of nitrogens with one attached hydrogen (secondary N) is 1. The standard InChI is InChI=1S/C13H18N2O4/c1-8(2)11(13(17)18)15-12(16)9(3)19-10-5-4-6-14-7-10/h4-9,11H,1-3H3,(H,15,16)(H,17,18)/t9?,11-/m0/s1. The number of amides is 1. The van der Waals surface area contributed by atoms with Crippen molar-refractivity contribution < 1.29 is 19.4 Å². The second-order valence-electron chi connectivity index (χ2n) is 4.52. The van der Waals surface area contributed by atoms with Gasteiger partial charge in [0.25, 0.3) is 5.91 Å². The molecule has 6 nitrogen and oxygen atoms in total. The number of hydrogen-bond donors (Lipinski definition) is 2. The lowest BCUT2D eigenvalue weighted by molar-refractivity contribution is -0.144. The van der Waals surface area contributed by atoms with Gasteiger partial charge in [-0.15, -0.1) is 0 Å². The molecule has 0 saturated carbocycles. The van der Waals surface area contributed by atoms with E-state index in [0.717, 1.165) is 0 Å². The first-order valence-corrected chi connectivity index (χ1v) is 6.01. The fourth-order valence-electron chi connectivity index (χ4n) is 1.46. The van der Waals surface area contributed by atoms with Crippen LogP contribution in [-0.4, -0.2) is 34.1 Å². The average molecular weight is 266 g/mol. The van der Waals surface area contributed by atoms with Crippen molar-refractivity contribution >= 4 is 11.9 Å². The van der Waals surface area contributed by atoms with Gasteiger partial charge in [-0.25, -0.2) is 4.79 Å². The molecule has 6 heteroatoms. The summed E-state index contributed by atoms with van der Waals surface area (Å²) in [6.45, 7) is 5.01. The minimum Gasteiger partial charge on any atom is -0.480 e. The highest BCUT2D eigenvalue weighted by Crippen LogP contribution is 2.10. The molecule has 1 unspecified atom stereocenters. The molecule has 1 heterocycles. The summed E-state index contributed by atoms with van der Waals surface area (Å²) in [5, 5.41) is 11.5. The zero-order chi connectivity index (χ0) is 14.4. The first-order chi connectivity index (χ1) is 8.91. The Morgan fingerprint density at radius 3 is 2.53 bits per heavy atom. The molecule has 0 aliphatic rings. The monoisotopic (exact) mass is 266 g/mol. The van der Waals surface area contributed by atoms with Crippen molar-refractivity contribution in [1.29, 1.82) is 0 Å². The first kappa shape index (κ1) is 14.9. The van der Waals surface area contributed by atoms with Gasteiger partial charge in [0.2, 0.25) is 0 Å². The van der Waals surface area contributed by atoms with Crippen molar-refractivity contribution in [3.63, 3.8) is 0 Å². The molecular weight excluding hydrogens is 248 g/mol. The number of carboxylic acids is 1. The number of rotatable bonds is 6. The normalized spacial score (nSPS) is 13.7. The van der Waals surface area contributed by atoms with Gasteiger partial charge in [0.15, 0.2) is 6.10 Å². The molecule has 0 aliphatic carbocycles. The molecule has 2 atom stereocenters. The Morgan fingerprint density at radius 2 is 2.05 bits per heavy atom. The summed E-state index contributed by atoms with van der Waals surface area (Å²) >= 11 is 0. The van der Waals surface area contributed by atoms with Crippen LogP contribution in [0.15, 0.2) is 24.5 Å². The minimum atomic E-state index is -1.06. The summed E-state index contributed by atoms with van der Waals surface area (Å²) in [4.78, 5) is 26.7. The fraction of sp³-hybridized carbons (Fsp3) is 0.462. The molecular formula is C13H18N2O4. The van der Waals surface area contributed by atoms with Gasteiger partial charge in [0, 0.05) is 6.20 Å². The van der Waals surface area contributed by atoms with Crippen molar-refractivity contribution in [2.75, 3.05) is 0 Å². The van der Waals surface area contributed by atoms with Crippen molar-refractivity contribution in [2.24, 2.45) is 5.92 Å². The van der Waals surface area contributed by atoms with Crippen LogP contribution in [0, 0.1) is 5.92 Å². The summed E-state index contributed by atoms with van der Waals surface area (Å²) < 4.78 is 5.37. The molecule has 19 heavy (non-hydrogen) atoms. The van der Waals surface area contributed by atoms with Gasteiger partial charge in [-0.3, -0.25) is 9.78 Å². The third kappa shape index (κ3) is 4.57. The lowest BCUT2D eigenvalue weighted by Crippen LogP contribution is -2.48. The van der Waals surface area contributed by atoms with Crippen LogP contribution in [0.2, 0.25) is 0 Å². The lowest BCUT2D eigenvalue weighted by atomic mass is 10.0. The van der Waals surface area contributed by atoms with Gasteiger partial charge in [-0.1, -0.05) is 13.8 Å². The van der Waals surface area contributed by atoms with Crippen molar-refractivity contribution in [3.05, 3.63) is 24.5 Å². The topological polar surface area (TPSA) is 88.5 Å². The number of hydrogen-bond acceptors (Lipinski definition) is 4. The number of pyridine rings is 1. The largest absolute Gasteiger partial charge is 0.480 e. The number of carbonyl (C=O) groups is 2. The number of aromatic nitrogens is 1. The van der Waals surface area contributed by atoms with Gasteiger partial charge < -0.3 is 15.2 Å². The summed E-state index contributed by atoms with van der Waals surface area (Å²) in [6, 6.07) is 2.44. The smallest absolute Gasteiger partial charge is 0.326 e. The molecule has 1 aromatic rings. The molecule has 0 fully saturated rings. The van der Waals surface area contributed by atoms with E-state index in [1.165, 1.54) is 6.20 Å². The SMILES string of the molecule is CC(Oc1cccnc1)C(=O)N[C@H](C(=O)O)C(C)C. The van der Waals surface area contributed by atoms with Crippen LogP contribution in [0.4, 0.5) is 0 Å². The van der Waals surface area contributed by atoms with E-state index in [4.69, 9.17) is 9.84 Å². The van der Waals surface area contributed by atoms with Gasteiger partial charge in [0.05, 0.1) is 6.20 Å². The van der Waals surface area contributed by atoms with E-state index >= 15 is 0 Å². The number of aliphatic carboxylic acids is 1. The summed E-state index contributed by atoms with van der Waals surface area (Å²) in [7, 11) is 0. The van der Waals surface area contributed by atoms with E-state index in [-0.39, 0.29) is 5.92 Å². The van der Waals surface area contributed by atoms with Crippen LogP contribution >= 0.6 is 0 Å². The number of carboxylic acid groups (broad SMARTS) is 1. The van der Waals surface area contributed by atoms with Gasteiger partial charge in [-0.05, 0) is 25.0 Å². The predicted molar refractivity (Wildman–Crippen MR) is 68.7 cm³/mol. The zero-order valence-electron chi connectivity index (χ0n) is 11.2. The van der Waals surface area contributed by atoms with Crippen LogP contribution in [0.25, 0.3) is 0 Å². The van der Waals surface area contributed by atoms with E-state index in [1.54, 1.807) is 39.1 Å². The third-order valence-corrected chi connectivity index (χ3v) is 2.55. The minimum absolute atomic E-state index is 0.202. The van der Waals surface area contributed by atoms with Crippen LogP contribution in [-0.2, 0) is 9.59 Å². The summed E-state index contributed by atoms with van der Waals surface area (Å²) in [5.74, 6) is -1.27. The predicted octanol–water partition coefficient (Wildman–Crippen LogP) is 1.07. The quantitative estimate of drug-likeness (QED) is 0.804. The van der Waals surface area contributed by atoms with Gasteiger partial charge >= 0.3 is 5.97 Å². The molecule has 1 rings (SSSR count). The van der Waals surface area contributed by atoms with E-state index in [2.05, 4.69) is 10.3 Å². The Hall–Kier alpha value is -2.11. The van der Waals surface area contributed by atoms with Crippen LogP contribution in [0.3, 0.4) is 0 Å². The van der Waals surface area contributed by atoms with E-state index in [0.29, 0.717) is 5.75 Å². The van der Waals surface area contributed by atoms with Crippen molar-refractivity contribution in [2.45, 2.75) is 32.9 Å². The molecule has 0 radical (unpaired) electrons. The van der Waals surface area contributed by atoms with Gasteiger partial charge in [0.1, 0.15) is 11.8 Å². The Kier molecular flexibility index (Phi) is 5.29. The highest BCUT2D eigenvalue weighted by molar-refractivity contribution is 5.86. The van der Waals surface area contributed by atoms with Crippen LogP contribution in [0.5, 0.6) is 5.75 Å². The van der Waals surface area contributed by atoms with Crippen molar-refractivity contribution in [3.8, 4) is 5.75 Å². The molecule has 0 saturated heterocycles. The Labute approximate surface area is 111 Å². The van der Waals surface area contributed by atoms with Crippen molar-refractivity contribution in [1.82, 2.24) is 10.3 Å². The highest BCUT2D eigenvalue weighted by atomic mass is 16.5. The van der Waals surface area contributed by atoms with Crippen LogP contribution < -0.4 is 10.1 Å². The second-order valence-corrected chi connectivity index (χ2v) is 4.52. The molecule has 1 aromatic heterocycles. The Morgan fingerprint density at radius 1 is 1.37 bits per heavy atom. The Bertz CT molecular complexity index is 434. The molecule has 104 valence electrons. The van der Waals surface area contributed by atoms with E-state index in [1.807, 2.05) is 0 Å². The maximum absolute atomic E-state index is 11.8. The molecule has 1 amide bonds. The molecule has 0 aromatic carbocycles. The second kappa shape index (κ2) is 6.72. The van der Waals surface area contributed by atoms with Gasteiger partial charge in [-0.2, -0.15) is 0 Å². The fourth-order valence-corrected chi connectivity index (χ4v) is 1.46. The number of nitrogens with zero attached hydrogens (tertiary/aromatic N) is 1. The van der Waals surface area contributed by atoms with Crippen LogP contribution in [0.1, 0.15) is 20.8 Å². The zero-order valence-corrected chi connectivity index (χ0v) is 11.2. The molecule has 0 bridgehead atoms. The highest BCUT2D eigenvalue weighted by Gasteiger charge is 2.26. The maximum atomic E-state index is 11.8. The summed E-state index contributed by atoms with van der Waals surface area (Å²) in [6.07, 6.45) is 2.29. The summed E-state index contributed by atoms with van der Waals surface area (Å²) in [5.41, 5.74) is 0. The maximum Gasteiger partial charge on any atom is 0.326 e. The first-order valence-electron chi connectivity index (χ1n) is 6.01. The Balaban J connectivity index is 2.60. The van der Waals surface area contributed by atoms with E-state index in [9.17, 15) is 9.59 Å². The molecule has 2 N–H and O–H groups in total.